The van der Waals surface area contributed by atoms with Crippen molar-refractivity contribution in [2.45, 2.75) is 25.4 Å². The van der Waals surface area contributed by atoms with Crippen LogP contribution in [-0.2, 0) is 6.54 Å². The fraction of sp³-hybridized carbons (Fsp3) is 0.353. The highest BCUT2D eigenvalue weighted by molar-refractivity contribution is 5.92. The Bertz CT molecular complexity index is 748. The summed E-state index contributed by atoms with van der Waals surface area (Å²) >= 11 is 0. The third-order valence-corrected chi connectivity index (χ3v) is 4.17. The minimum atomic E-state index is -0.220. The van der Waals surface area contributed by atoms with Crippen LogP contribution in [0.4, 0.5) is 0 Å². The molecular formula is C17H21ClN4O2. The van der Waals surface area contributed by atoms with E-state index in [-0.39, 0.29) is 29.9 Å². The number of benzene rings is 1. The lowest BCUT2D eigenvalue weighted by Crippen LogP contribution is -2.41. The Morgan fingerprint density at radius 1 is 1.21 bits per heavy atom. The van der Waals surface area contributed by atoms with Crippen LogP contribution in [0.1, 0.15) is 28.9 Å². The number of rotatable bonds is 4. The Hall–Kier alpha value is -2.18. The average Bonchev–Trinajstić information content (AvgIpc) is 3.06. The van der Waals surface area contributed by atoms with Crippen LogP contribution in [0.3, 0.4) is 0 Å². The van der Waals surface area contributed by atoms with Gasteiger partial charge >= 0.3 is 0 Å². The molecule has 6 nitrogen and oxygen atoms in total. The van der Waals surface area contributed by atoms with Gasteiger partial charge in [0.2, 0.25) is 0 Å². The number of amides is 1. The van der Waals surface area contributed by atoms with Gasteiger partial charge < -0.3 is 10.6 Å². The van der Waals surface area contributed by atoms with Gasteiger partial charge in [0, 0.05) is 25.2 Å². The fourth-order valence-corrected chi connectivity index (χ4v) is 2.93. The number of hydrogen-bond donors (Lipinski definition) is 1. The summed E-state index contributed by atoms with van der Waals surface area (Å²) in [5, 5.41) is 4.25. The van der Waals surface area contributed by atoms with Crippen molar-refractivity contribution >= 4 is 18.3 Å². The van der Waals surface area contributed by atoms with Gasteiger partial charge in [0.1, 0.15) is 5.69 Å². The van der Waals surface area contributed by atoms with Crippen LogP contribution in [0.2, 0.25) is 0 Å². The third kappa shape index (κ3) is 3.83. The topological polar surface area (TPSA) is 81.2 Å². The average molecular weight is 349 g/mol. The van der Waals surface area contributed by atoms with Gasteiger partial charge in [0.25, 0.3) is 11.5 Å². The van der Waals surface area contributed by atoms with Gasteiger partial charge in [0.05, 0.1) is 6.54 Å². The molecule has 1 fully saturated rings. The van der Waals surface area contributed by atoms with Gasteiger partial charge in [-0.15, -0.1) is 12.4 Å². The molecule has 24 heavy (non-hydrogen) atoms. The van der Waals surface area contributed by atoms with Crippen molar-refractivity contribution in [1.82, 2.24) is 14.7 Å². The lowest BCUT2D eigenvalue weighted by Gasteiger charge is -2.23. The maximum Gasteiger partial charge on any atom is 0.274 e. The van der Waals surface area contributed by atoms with Crippen molar-refractivity contribution < 1.29 is 4.79 Å². The normalized spacial score (nSPS) is 16.7. The monoisotopic (exact) mass is 348 g/mol. The summed E-state index contributed by atoms with van der Waals surface area (Å²) in [6, 6.07) is 12.5. The van der Waals surface area contributed by atoms with E-state index < -0.39 is 0 Å². The number of hydrogen-bond acceptors (Lipinski definition) is 4. The maximum atomic E-state index is 12.6. The second-order valence-electron chi connectivity index (χ2n) is 5.73. The smallest absolute Gasteiger partial charge is 0.274 e. The van der Waals surface area contributed by atoms with E-state index in [1.807, 2.05) is 30.3 Å². The van der Waals surface area contributed by atoms with E-state index in [4.69, 9.17) is 5.73 Å². The molecule has 1 amide bonds. The predicted molar refractivity (Wildman–Crippen MR) is 94.4 cm³/mol. The molecule has 1 saturated heterocycles. The molecule has 3 rings (SSSR count). The summed E-state index contributed by atoms with van der Waals surface area (Å²) in [5.41, 5.74) is 6.76. The van der Waals surface area contributed by atoms with Crippen LogP contribution in [0.15, 0.2) is 47.3 Å². The van der Waals surface area contributed by atoms with Gasteiger partial charge in [-0.3, -0.25) is 9.59 Å². The minimum absolute atomic E-state index is 0. The molecule has 128 valence electrons. The fourth-order valence-electron chi connectivity index (χ4n) is 2.93. The van der Waals surface area contributed by atoms with Crippen molar-refractivity contribution in [3.05, 3.63) is 64.1 Å². The number of carbonyl (C=O) groups is 1. The van der Waals surface area contributed by atoms with Crippen molar-refractivity contribution in [3.8, 4) is 0 Å². The summed E-state index contributed by atoms with van der Waals surface area (Å²) in [7, 11) is 0. The van der Waals surface area contributed by atoms with Crippen LogP contribution >= 0.6 is 12.4 Å². The Labute approximate surface area is 146 Å². The standard InChI is InChI=1S/C17H20N4O2.ClH/c18-11-14-7-4-10-20(14)17(23)15-8-9-16(22)21(19-15)12-13-5-2-1-3-6-13;/h1-3,5-6,8-9,14H,4,7,10-12,18H2;1H. The number of carbonyl (C=O) groups excluding carboxylic acids is 1. The molecule has 0 radical (unpaired) electrons. The van der Waals surface area contributed by atoms with E-state index in [0.717, 1.165) is 18.4 Å². The van der Waals surface area contributed by atoms with Crippen LogP contribution in [-0.4, -0.2) is 39.7 Å². The summed E-state index contributed by atoms with van der Waals surface area (Å²) in [4.78, 5) is 26.4. The quantitative estimate of drug-likeness (QED) is 0.902. The molecule has 1 aliphatic rings. The molecule has 7 heteroatoms. The first-order valence-electron chi connectivity index (χ1n) is 7.82. The third-order valence-electron chi connectivity index (χ3n) is 4.17. The van der Waals surface area contributed by atoms with Gasteiger partial charge in [-0.05, 0) is 24.5 Å². The molecule has 0 saturated carbocycles. The number of aromatic nitrogens is 2. The zero-order valence-electron chi connectivity index (χ0n) is 13.3. The van der Waals surface area contributed by atoms with Crippen LogP contribution in [0, 0.1) is 0 Å². The molecule has 0 bridgehead atoms. The van der Waals surface area contributed by atoms with Gasteiger partial charge in [-0.1, -0.05) is 30.3 Å². The van der Waals surface area contributed by atoms with Crippen LogP contribution < -0.4 is 11.3 Å². The van der Waals surface area contributed by atoms with Crippen LogP contribution in [0.25, 0.3) is 0 Å². The van der Waals surface area contributed by atoms with Gasteiger partial charge in [-0.2, -0.15) is 5.10 Å². The molecule has 1 aromatic heterocycles. The largest absolute Gasteiger partial charge is 0.333 e. The van der Waals surface area contributed by atoms with E-state index >= 15 is 0 Å². The predicted octanol–water partition coefficient (Wildman–Crippen LogP) is 1.28. The highest BCUT2D eigenvalue weighted by atomic mass is 35.5. The molecule has 1 unspecified atom stereocenters. The number of halogens is 1. The van der Waals surface area contributed by atoms with E-state index in [1.54, 1.807) is 4.90 Å². The molecular weight excluding hydrogens is 328 g/mol. The summed E-state index contributed by atoms with van der Waals surface area (Å²) < 4.78 is 1.33. The Morgan fingerprint density at radius 2 is 1.96 bits per heavy atom. The van der Waals surface area contributed by atoms with Crippen molar-refractivity contribution in [2.24, 2.45) is 5.73 Å². The first-order chi connectivity index (χ1) is 11.2. The summed E-state index contributed by atoms with van der Waals surface area (Å²) in [6.07, 6.45) is 1.88. The second kappa shape index (κ2) is 8.08. The molecule has 2 heterocycles. The maximum absolute atomic E-state index is 12.6. The first kappa shape index (κ1) is 18.2. The Balaban J connectivity index is 0.00000208. The number of nitrogens with two attached hydrogens (primary N) is 1. The SMILES string of the molecule is Cl.NCC1CCCN1C(=O)c1ccc(=O)n(Cc2ccccc2)n1. The van der Waals surface area contributed by atoms with E-state index in [1.165, 1.54) is 16.8 Å². The summed E-state index contributed by atoms with van der Waals surface area (Å²) in [6.45, 7) is 1.50. The Morgan fingerprint density at radius 3 is 2.67 bits per heavy atom. The second-order valence-corrected chi connectivity index (χ2v) is 5.73. The number of likely N-dealkylation sites (tertiary alicyclic amines) is 1. The van der Waals surface area contributed by atoms with Gasteiger partial charge in [-0.25, -0.2) is 4.68 Å². The Kier molecular flexibility index (Phi) is 6.11. The molecule has 0 aliphatic carbocycles. The minimum Gasteiger partial charge on any atom is -0.333 e. The zero-order chi connectivity index (χ0) is 16.2. The first-order valence-corrected chi connectivity index (χ1v) is 7.82. The molecule has 0 spiro atoms. The van der Waals surface area contributed by atoms with Crippen molar-refractivity contribution in [2.75, 3.05) is 13.1 Å². The summed E-state index contributed by atoms with van der Waals surface area (Å²) in [5.74, 6) is -0.153. The zero-order valence-corrected chi connectivity index (χ0v) is 14.1. The van der Waals surface area contributed by atoms with E-state index in [9.17, 15) is 9.59 Å². The molecule has 1 aromatic carbocycles. The highest BCUT2D eigenvalue weighted by Crippen LogP contribution is 2.18. The molecule has 2 N–H and O–H groups in total. The van der Waals surface area contributed by atoms with Crippen molar-refractivity contribution in [3.63, 3.8) is 0 Å². The molecule has 1 aliphatic heterocycles. The highest BCUT2D eigenvalue weighted by Gasteiger charge is 2.29. The lowest BCUT2D eigenvalue weighted by molar-refractivity contribution is 0.0732. The molecule has 1 atom stereocenters. The van der Waals surface area contributed by atoms with Crippen LogP contribution in [0.5, 0.6) is 0 Å². The van der Waals surface area contributed by atoms with E-state index in [0.29, 0.717) is 25.3 Å². The number of nitrogens with zero attached hydrogens (tertiary/aromatic N) is 3. The van der Waals surface area contributed by atoms with Gasteiger partial charge in [0.15, 0.2) is 0 Å². The van der Waals surface area contributed by atoms with Crippen molar-refractivity contribution in [1.29, 1.82) is 0 Å². The van der Waals surface area contributed by atoms with E-state index in [2.05, 4.69) is 5.10 Å². The lowest BCUT2D eigenvalue weighted by atomic mass is 10.2. The molecule has 2 aromatic rings.